The third-order valence-corrected chi connectivity index (χ3v) is 11.8. The number of para-hydroxylation sites is 1. The molecule has 4 aromatic rings. The highest BCUT2D eigenvalue weighted by Crippen LogP contribution is 2.47. The summed E-state index contributed by atoms with van der Waals surface area (Å²) in [6, 6.07) is 30.8. The van der Waals surface area contributed by atoms with Crippen LogP contribution in [0.2, 0.25) is 0 Å². The summed E-state index contributed by atoms with van der Waals surface area (Å²) in [7, 11) is -8.89. The van der Waals surface area contributed by atoms with Crippen molar-refractivity contribution < 1.29 is 26.4 Å². The number of rotatable bonds is 8. The predicted molar refractivity (Wildman–Crippen MR) is 140 cm³/mol. The topological polar surface area (TPSA) is 94.6 Å². The van der Waals surface area contributed by atoms with Crippen LogP contribution in [0.15, 0.2) is 125 Å². The first-order valence-corrected chi connectivity index (χ1v) is 14.8. The third kappa shape index (κ3) is 4.47. The molecule has 8 heteroatoms. The number of hydrogen-bond acceptors (Lipinski definition) is 6. The van der Waals surface area contributed by atoms with E-state index in [1.165, 1.54) is 48.5 Å². The van der Waals surface area contributed by atoms with Crippen LogP contribution in [0.5, 0.6) is 5.75 Å². The molecule has 37 heavy (non-hydrogen) atoms. The van der Waals surface area contributed by atoms with Crippen molar-refractivity contribution in [2.45, 2.75) is 32.6 Å². The van der Waals surface area contributed by atoms with Gasteiger partial charge in [0, 0.05) is 5.56 Å². The first-order chi connectivity index (χ1) is 17.7. The number of hydrogen-bond donors (Lipinski definition) is 0. The number of sulfone groups is 2. The predicted octanol–water partition coefficient (Wildman–Crippen LogP) is 4.75. The zero-order valence-corrected chi connectivity index (χ0v) is 21.4. The summed E-state index contributed by atoms with van der Waals surface area (Å²) < 4.78 is 59.8. The number of esters is 1. The smallest absolute Gasteiger partial charge is 0.322 e. The highest BCUT2D eigenvalue weighted by atomic mass is 32.3. The summed E-state index contributed by atoms with van der Waals surface area (Å²) >= 11 is 0. The summed E-state index contributed by atoms with van der Waals surface area (Å²) in [6.45, 7) is 0. The fourth-order valence-electron chi connectivity index (χ4n) is 4.83. The first-order valence-electron chi connectivity index (χ1n) is 11.7. The Bertz CT molecular complexity index is 1570. The quantitative estimate of drug-likeness (QED) is 0.240. The third-order valence-electron chi connectivity index (χ3n) is 6.70. The first kappa shape index (κ1) is 24.9. The van der Waals surface area contributed by atoms with E-state index in [9.17, 15) is 21.6 Å². The van der Waals surface area contributed by atoms with Gasteiger partial charge in [0.05, 0.1) is 9.79 Å². The zero-order chi connectivity index (χ0) is 26.1. The number of fused-ring (bicyclic) bond motifs is 1. The molecule has 1 heterocycles. The molecule has 0 spiro atoms. The van der Waals surface area contributed by atoms with Crippen LogP contribution in [0.3, 0.4) is 0 Å². The van der Waals surface area contributed by atoms with Gasteiger partial charge in [0.15, 0.2) is 24.3 Å². The van der Waals surface area contributed by atoms with Crippen LogP contribution in [-0.4, -0.2) is 27.4 Å². The van der Waals surface area contributed by atoms with Crippen molar-refractivity contribution in [1.29, 1.82) is 0 Å². The van der Waals surface area contributed by atoms with Gasteiger partial charge in [0.25, 0.3) is 0 Å². The van der Waals surface area contributed by atoms with E-state index in [2.05, 4.69) is 0 Å². The van der Waals surface area contributed by atoms with E-state index >= 15 is 0 Å². The van der Waals surface area contributed by atoms with Crippen LogP contribution in [0.1, 0.15) is 17.5 Å². The molecule has 1 aliphatic heterocycles. The summed E-state index contributed by atoms with van der Waals surface area (Å²) in [5.41, 5.74) is -0.309. The van der Waals surface area contributed by atoms with Crippen molar-refractivity contribution in [3.8, 4) is 5.75 Å². The molecule has 188 valence electrons. The van der Waals surface area contributed by atoms with Gasteiger partial charge in [-0.2, -0.15) is 0 Å². The van der Waals surface area contributed by atoms with E-state index in [4.69, 9.17) is 4.74 Å². The van der Waals surface area contributed by atoms with Gasteiger partial charge in [0.1, 0.15) is 11.2 Å². The van der Waals surface area contributed by atoms with Crippen LogP contribution in [0, 0.1) is 0 Å². The number of ether oxygens (including phenoxy) is 1. The molecule has 0 amide bonds. The molecule has 1 atom stereocenters. The van der Waals surface area contributed by atoms with E-state index in [0.717, 1.165) is 5.56 Å². The van der Waals surface area contributed by atoms with Gasteiger partial charge in [-0.3, -0.25) is 4.79 Å². The molecule has 0 radical (unpaired) electrons. The van der Waals surface area contributed by atoms with Gasteiger partial charge < -0.3 is 4.74 Å². The average molecular weight is 533 g/mol. The van der Waals surface area contributed by atoms with Crippen molar-refractivity contribution in [3.63, 3.8) is 0 Å². The van der Waals surface area contributed by atoms with Gasteiger partial charge in [-0.05, 0) is 48.7 Å². The molecule has 5 rings (SSSR count). The minimum atomic E-state index is -4.45. The molecule has 1 aliphatic rings. The molecule has 4 aromatic carbocycles. The summed E-state index contributed by atoms with van der Waals surface area (Å²) in [5.74, 6) is -0.370. The lowest BCUT2D eigenvalue weighted by Crippen LogP contribution is -2.44. The van der Waals surface area contributed by atoms with Gasteiger partial charge in [-0.15, -0.1) is 0 Å². The molecule has 0 aromatic heterocycles. The number of carbonyl (C=O) groups excluding carboxylic acids is 1. The van der Waals surface area contributed by atoms with Gasteiger partial charge in [-0.1, -0.05) is 84.9 Å². The highest BCUT2D eigenvalue weighted by Gasteiger charge is 2.55. The molecule has 0 unspecified atom stereocenters. The Kier molecular flexibility index (Phi) is 6.47. The van der Waals surface area contributed by atoms with E-state index in [1.807, 2.05) is 30.3 Å². The minimum Gasteiger partial charge on any atom is -0.426 e. The fourth-order valence-corrected chi connectivity index (χ4v) is 9.52. The van der Waals surface area contributed by atoms with Gasteiger partial charge in [0.2, 0.25) is 0 Å². The lowest BCUT2D eigenvalue weighted by atomic mass is 9.74. The van der Waals surface area contributed by atoms with Crippen LogP contribution in [-0.2, 0) is 36.3 Å². The Morgan fingerprint density at radius 2 is 1.08 bits per heavy atom. The lowest BCUT2D eigenvalue weighted by Gasteiger charge is -2.30. The molecule has 0 fully saturated rings. The SMILES string of the molecule is O=C1Oc2ccccc2[C@]1(Cc1ccccc1)CC(S(=O)(=O)c1ccccc1)S(=O)(=O)c1ccccc1. The van der Waals surface area contributed by atoms with Crippen molar-refractivity contribution in [2.24, 2.45) is 0 Å². The van der Waals surface area contributed by atoms with E-state index in [-0.39, 0.29) is 16.2 Å². The van der Waals surface area contributed by atoms with Crippen LogP contribution >= 0.6 is 0 Å². The lowest BCUT2D eigenvalue weighted by molar-refractivity contribution is -0.138. The minimum absolute atomic E-state index is 0.0782. The van der Waals surface area contributed by atoms with Crippen molar-refractivity contribution >= 4 is 25.6 Å². The zero-order valence-electron chi connectivity index (χ0n) is 19.7. The van der Waals surface area contributed by atoms with Gasteiger partial charge >= 0.3 is 5.97 Å². The van der Waals surface area contributed by atoms with Crippen molar-refractivity contribution in [3.05, 3.63) is 126 Å². The molecule has 0 bridgehead atoms. The molecule has 0 N–H and O–H groups in total. The molecular weight excluding hydrogens is 508 g/mol. The normalized spacial score (nSPS) is 17.4. The molecule has 0 aliphatic carbocycles. The summed E-state index contributed by atoms with van der Waals surface area (Å²) in [4.78, 5) is 13.3. The maximum Gasteiger partial charge on any atom is 0.322 e. The molecule has 0 saturated carbocycles. The van der Waals surface area contributed by atoms with Crippen molar-refractivity contribution in [1.82, 2.24) is 0 Å². The van der Waals surface area contributed by atoms with Crippen LogP contribution in [0.4, 0.5) is 0 Å². The fraction of sp³-hybridized carbons (Fsp3) is 0.138. The van der Waals surface area contributed by atoms with Crippen LogP contribution < -0.4 is 4.74 Å². The summed E-state index contributed by atoms with van der Waals surface area (Å²) in [6.07, 6.45) is -0.430. The molecule has 0 saturated heterocycles. The standard InChI is InChI=1S/C29H24O6S2/c30-28-29(20-22-12-4-1-5-13-22,25-18-10-11-19-26(25)35-28)21-27(36(31,32)23-14-6-2-7-15-23)37(33,34)24-16-8-3-9-17-24/h1-19,27H,20-21H2/t29-/m0/s1. The van der Waals surface area contributed by atoms with E-state index < -0.39 is 42.1 Å². The second kappa shape index (κ2) is 9.61. The molecular formula is C29H24O6S2. The number of carbonyl (C=O) groups is 1. The van der Waals surface area contributed by atoms with Crippen molar-refractivity contribution in [2.75, 3.05) is 0 Å². The second-order valence-electron chi connectivity index (χ2n) is 8.98. The summed E-state index contributed by atoms with van der Waals surface area (Å²) in [5, 5.41) is 0. The second-order valence-corrected chi connectivity index (χ2v) is 13.5. The Balaban J connectivity index is 1.73. The highest BCUT2D eigenvalue weighted by molar-refractivity contribution is 8.09. The van der Waals surface area contributed by atoms with Gasteiger partial charge in [-0.25, -0.2) is 16.8 Å². The Hall–Kier alpha value is -3.75. The Morgan fingerprint density at radius 3 is 1.62 bits per heavy atom. The maximum atomic E-state index is 14.0. The number of benzene rings is 4. The average Bonchev–Trinajstić information content (AvgIpc) is 3.19. The van der Waals surface area contributed by atoms with Crippen LogP contribution in [0.25, 0.3) is 0 Å². The van der Waals surface area contributed by atoms with E-state index in [1.54, 1.807) is 36.4 Å². The molecule has 6 nitrogen and oxygen atoms in total. The largest absolute Gasteiger partial charge is 0.426 e. The Morgan fingerprint density at radius 1 is 0.622 bits per heavy atom. The monoisotopic (exact) mass is 532 g/mol. The maximum absolute atomic E-state index is 14.0. The van der Waals surface area contributed by atoms with E-state index in [0.29, 0.717) is 11.3 Å². The Labute approximate surface area is 216 Å².